The number of hydrogen-bond acceptors (Lipinski definition) is 3. The molecule has 2 aromatic carbocycles. The monoisotopic (exact) mass is 385 g/mol. The lowest BCUT2D eigenvalue weighted by molar-refractivity contribution is 0.102. The van der Waals surface area contributed by atoms with E-state index in [4.69, 9.17) is 11.6 Å². The number of anilines is 2. The predicted octanol–water partition coefficient (Wildman–Crippen LogP) is 4.64. The highest BCUT2D eigenvalue weighted by Crippen LogP contribution is 2.30. The first-order chi connectivity index (χ1) is 12.7. The summed E-state index contributed by atoms with van der Waals surface area (Å²) >= 11 is 6.20. The highest BCUT2D eigenvalue weighted by molar-refractivity contribution is 6.31. The van der Waals surface area contributed by atoms with Crippen LogP contribution in [0.5, 0.6) is 0 Å². The molecule has 2 aromatic rings. The van der Waals surface area contributed by atoms with Gasteiger partial charge in [-0.3, -0.25) is 4.79 Å². The molecule has 0 bridgehead atoms. The Morgan fingerprint density at radius 2 is 1.63 bits per heavy atom. The lowest BCUT2D eigenvalue weighted by atomic mass is 9.87. The molecule has 1 fully saturated rings. The Morgan fingerprint density at radius 3 is 2.22 bits per heavy atom. The Hall–Kier alpha value is -2.04. The minimum absolute atomic E-state index is 0.0660. The van der Waals surface area contributed by atoms with Crippen LogP contribution in [0.2, 0.25) is 5.02 Å². The second-order valence-electron chi connectivity index (χ2n) is 8.23. The lowest BCUT2D eigenvalue weighted by Gasteiger charge is -2.35. The van der Waals surface area contributed by atoms with E-state index in [1.165, 1.54) is 5.56 Å². The molecule has 0 radical (unpaired) electrons. The number of piperazine rings is 1. The van der Waals surface area contributed by atoms with Crippen LogP contribution in [0.15, 0.2) is 42.5 Å². The van der Waals surface area contributed by atoms with Crippen LogP contribution in [0.4, 0.5) is 11.4 Å². The number of rotatable bonds is 3. The highest BCUT2D eigenvalue weighted by atomic mass is 35.5. The Kier molecular flexibility index (Phi) is 5.78. The van der Waals surface area contributed by atoms with Gasteiger partial charge in [0.25, 0.3) is 5.91 Å². The van der Waals surface area contributed by atoms with E-state index < -0.39 is 0 Å². The van der Waals surface area contributed by atoms with Crippen molar-refractivity contribution in [3.8, 4) is 0 Å². The molecule has 0 aromatic heterocycles. The second kappa shape index (κ2) is 7.91. The summed E-state index contributed by atoms with van der Waals surface area (Å²) in [4.78, 5) is 17.4. The minimum atomic E-state index is -0.117. The largest absolute Gasteiger partial charge is 0.367 e. The number of benzene rings is 2. The molecule has 0 saturated carbocycles. The zero-order chi connectivity index (χ0) is 19.6. The molecular formula is C22H28ClN3O. The van der Waals surface area contributed by atoms with Crippen LogP contribution in [0.1, 0.15) is 36.7 Å². The second-order valence-corrected chi connectivity index (χ2v) is 8.67. The molecule has 27 heavy (non-hydrogen) atoms. The maximum Gasteiger partial charge on any atom is 0.255 e. The van der Waals surface area contributed by atoms with E-state index in [2.05, 4.69) is 42.9 Å². The zero-order valence-corrected chi connectivity index (χ0v) is 17.3. The van der Waals surface area contributed by atoms with Gasteiger partial charge in [-0.25, -0.2) is 0 Å². The third-order valence-electron chi connectivity index (χ3n) is 5.06. The van der Waals surface area contributed by atoms with Crippen molar-refractivity contribution in [2.24, 2.45) is 0 Å². The summed E-state index contributed by atoms with van der Waals surface area (Å²) in [6.07, 6.45) is 0. The van der Waals surface area contributed by atoms with Gasteiger partial charge in [0.2, 0.25) is 0 Å². The molecule has 0 unspecified atom stereocenters. The average molecular weight is 386 g/mol. The van der Waals surface area contributed by atoms with E-state index in [9.17, 15) is 4.79 Å². The summed E-state index contributed by atoms with van der Waals surface area (Å²) in [6, 6.07) is 13.5. The van der Waals surface area contributed by atoms with Gasteiger partial charge in [0.15, 0.2) is 0 Å². The van der Waals surface area contributed by atoms with Crippen molar-refractivity contribution in [2.45, 2.75) is 26.2 Å². The van der Waals surface area contributed by atoms with Crippen LogP contribution in [-0.4, -0.2) is 44.0 Å². The van der Waals surface area contributed by atoms with Crippen LogP contribution < -0.4 is 10.2 Å². The fraction of sp³-hybridized carbons (Fsp3) is 0.409. The molecule has 1 N–H and O–H groups in total. The van der Waals surface area contributed by atoms with E-state index in [0.29, 0.717) is 10.6 Å². The predicted molar refractivity (Wildman–Crippen MR) is 114 cm³/mol. The van der Waals surface area contributed by atoms with Gasteiger partial charge < -0.3 is 15.1 Å². The number of hydrogen-bond donors (Lipinski definition) is 1. The topological polar surface area (TPSA) is 35.6 Å². The molecule has 144 valence electrons. The Bertz CT molecular complexity index is 803. The number of amides is 1. The number of halogens is 1. The van der Waals surface area contributed by atoms with Gasteiger partial charge in [-0.05, 0) is 48.4 Å². The van der Waals surface area contributed by atoms with Gasteiger partial charge >= 0.3 is 0 Å². The molecule has 1 aliphatic heterocycles. The number of nitrogens with zero attached hydrogens (tertiary/aromatic N) is 2. The summed E-state index contributed by atoms with van der Waals surface area (Å²) in [5.41, 5.74) is 3.70. The summed E-state index contributed by atoms with van der Waals surface area (Å²) in [5.74, 6) is -0.117. The Balaban J connectivity index is 1.80. The van der Waals surface area contributed by atoms with Crippen LogP contribution in [0.25, 0.3) is 0 Å². The van der Waals surface area contributed by atoms with Crippen LogP contribution >= 0.6 is 11.6 Å². The Morgan fingerprint density at radius 1 is 1.00 bits per heavy atom. The molecule has 1 heterocycles. The first-order valence-corrected chi connectivity index (χ1v) is 9.77. The van der Waals surface area contributed by atoms with E-state index in [1.807, 2.05) is 42.5 Å². The molecule has 0 spiro atoms. The van der Waals surface area contributed by atoms with Crippen LogP contribution in [0, 0.1) is 0 Å². The maximum absolute atomic E-state index is 12.8. The molecule has 3 rings (SSSR count). The van der Waals surface area contributed by atoms with Gasteiger partial charge in [-0.2, -0.15) is 0 Å². The van der Waals surface area contributed by atoms with Gasteiger partial charge in [0.05, 0.1) is 11.4 Å². The molecule has 0 atom stereocenters. The van der Waals surface area contributed by atoms with E-state index in [0.717, 1.165) is 37.6 Å². The Labute approximate surface area is 167 Å². The van der Waals surface area contributed by atoms with Gasteiger partial charge in [0.1, 0.15) is 0 Å². The average Bonchev–Trinajstić information content (AvgIpc) is 2.62. The number of likely N-dealkylation sites (N-methyl/N-ethyl adjacent to an activating group) is 1. The molecule has 1 amide bonds. The molecule has 1 saturated heterocycles. The van der Waals surface area contributed by atoms with Gasteiger partial charge in [-0.15, -0.1) is 0 Å². The molecule has 1 aliphatic rings. The third kappa shape index (κ3) is 4.82. The number of nitrogens with one attached hydrogen (secondary N) is 1. The normalized spacial score (nSPS) is 15.7. The first kappa shape index (κ1) is 19.7. The first-order valence-electron chi connectivity index (χ1n) is 9.39. The fourth-order valence-electron chi connectivity index (χ4n) is 3.25. The van der Waals surface area contributed by atoms with Crippen molar-refractivity contribution in [1.29, 1.82) is 0 Å². The summed E-state index contributed by atoms with van der Waals surface area (Å²) in [6.45, 7) is 10.4. The molecule has 0 aliphatic carbocycles. The van der Waals surface area contributed by atoms with Gasteiger partial charge in [0, 0.05) is 36.8 Å². The van der Waals surface area contributed by atoms with Gasteiger partial charge in [-0.1, -0.05) is 44.5 Å². The zero-order valence-electron chi connectivity index (χ0n) is 16.6. The van der Waals surface area contributed by atoms with Crippen molar-refractivity contribution in [3.63, 3.8) is 0 Å². The number of carbonyl (C=O) groups excluding carboxylic acids is 1. The van der Waals surface area contributed by atoms with Crippen molar-refractivity contribution in [2.75, 3.05) is 43.4 Å². The van der Waals surface area contributed by atoms with Crippen molar-refractivity contribution in [3.05, 3.63) is 58.6 Å². The van der Waals surface area contributed by atoms with E-state index >= 15 is 0 Å². The number of carbonyl (C=O) groups is 1. The van der Waals surface area contributed by atoms with Crippen molar-refractivity contribution >= 4 is 28.9 Å². The summed E-state index contributed by atoms with van der Waals surface area (Å²) in [7, 11) is 2.13. The molecular weight excluding hydrogens is 358 g/mol. The SMILES string of the molecule is CN1CCN(c2ccc(Cl)cc2NC(=O)c2ccc(C(C)(C)C)cc2)CC1. The summed E-state index contributed by atoms with van der Waals surface area (Å²) in [5, 5.41) is 3.67. The standard InChI is InChI=1S/C22H28ClN3O/c1-22(2,3)17-7-5-16(6-8-17)21(27)24-19-15-18(23)9-10-20(19)26-13-11-25(4)12-14-26/h5-10,15H,11-14H2,1-4H3,(H,24,27). The van der Waals surface area contributed by atoms with E-state index in [1.54, 1.807) is 0 Å². The molecule has 4 nitrogen and oxygen atoms in total. The molecule has 5 heteroatoms. The lowest BCUT2D eigenvalue weighted by Crippen LogP contribution is -2.44. The van der Waals surface area contributed by atoms with Crippen molar-refractivity contribution < 1.29 is 4.79 Å². The van der Waals surface area contributed by atoms with E-state index in [-0.39, 0.29) is 11.3 Å². The fourth-order valence-corrected chi connectivity index (χ4v) is 3.42. The maximum atomic E-state index is 12.8. The quantitative estimate of drug-likeness (QED) is 0.835. The van der Waals surface area contributed by atoms with Crippen molar-refractivity contribution in [1.82, 2.24) is 4.90 Å². The third-order valence-corrected chi connectivity index (χ3v) is 5.30. The van der Waals surface area contributed by atoms with Crippen LogP contribution in [0.3, 0.4) is 0 Å². The minimum Gasteiger partial charge on any atom is -0.367 e. The smallest absolute Gasteiger partial charge is 0.255 e. The van der Waals surface area contributed by atoms with Crippen LogP contribution in [-0.2, 0) is 5.41 Å². The summed E-state index contributed by atoms with van der Waals surface area (Å²) < 4.78 is 0. The highest BCUT2D eigenvalue weighted by Gasteiger charge is 2.19.